The Hall–Kier alpha value is -3.92. The van der Waals surface area contributed by atoms with Gasteiger partial charge >= 0.3 is 0 Å². The molecule has 0 spiro atoms. The molecule has 0 unspecified atom stereocenters. The SMILES string of the molecule is CNC(=O)c1c(-c2ccc(F)cc2)oc2cc(N(C)S(C)(=O)=O)c(-c3c[nH]c(=O)c(C)c3)cc12. The van der Waals surface area contributed by atoms with Crippen LogP contribution in [0.2, 0.25) is 0 Å². The molecule has 0 aliphatic carbocycles. The summed E-state index contributed by atoms with van der Waals surface area (Å²) in [7, 11) is -0.771. The van der Waals surface area contributed by atoms with Crippen LogP contribution in [0, 0.1) is 12.7 Å². The molecule has 2 aromatic carbocycles. The molecule has 0 fully saturated rings. The van der Waals surface area contributed by atoms with E-state index in [0.29, 0.717) is 33.3 Å². The Morgan fingerprint density at radius 2 is 1.79 bits per heavy atom. The molecule has 0 saturated heterocycles. The van der Waals surface area contributed by atoms with Crippen molar-refractivity contribution < 1.29 is 22.0 Å². The third kappa shape index (κ3) is 4.08. The number of hydrogen-bond donors (Lipinski definition) is 2. The number of aryl methyl sites for hydroxylation is 1. The highest BCUT2D eigenvalue weighted by Crippen LogP contribution is 2.41. The lowest BCUT2D eigenvalue weighted by atomic mass is 9.98. The van der Waals surface area contributed by atoms with Crippen molar-refractivity contribution in [3.63, 3.8) is 0 Å². The predicted octanol–water partition coefficient (Wildman–Crippen LogP) is 3.66. The predicted molar refractivity (Wildman–Crippen MR) is 129 cm³/mol. The van der Waals surface area contributed by atoms with E-state index in [1.54, 1.807) is 19.1 Å². The number of carbonyl (C=O) groups is 1. The van der Waals surface area contributed by atoms with Crippen molar-refractivity contribution in [2.45, 2.75) is 6.92 Å². The summed E-state index contributed by atoms with van der Waals surface area (Å²) in [6.45, 7) is 1.64. The van der Waals surface area contributed by atoms with E-state index in [4.69, 9.17) is 4.42 Å². The summed E-state index contributed by atoms with van der Waals surface area (Å²) in [5.41, 5.74) is 2.47. The van der Waals surface area contributed by atoms with Crippen LogP contribution in [0.1, 0.15) is 15.9 Å². The minimum atomic E-state index is -3.66. The van der Waals surface area contributed by atoms with Crippen molar-refractivity contribution in [3.8, 4) is 22.5 Å². The monoisotopic (exact) mass is 483 g/mol. The van der Waals surface area contributed by atoms with E-state index in [2.05, 4.69) is 10.3 Å². The fourth-order valence-electron chi connectivity index (χ4n) is 3.71. The average Bonchev–Trinajstić information content (AvgIpc) is 3.17. The van der Waals surface area contributed by atoms with Gasteiger partial charge in [0.1, 0.15) is 17.2 Å². The van der Waals surface area contributed by atoms with Crippen molar-refractivity contribution in [1.29, 1.82) is 0 Å². The van der Waals surface area contributed by atoms with Crippen LogP contribution in [0.25, 0.3) is 33.4 Å². The molecule has 10 heteroatoms. The minimum Gasteiger partial charge on any atom is -0.455 e. The van der Waals surface area contributed by atoms with Crippen molar-refractivity contribution in [2.24, 2.45) is 0 Å². The Balaban J connectivity index is 2.10. The van der Waals surface area contributed by atoms with E-state index < -0.39 is 21.7 Å². The van der Waals surface area contributed by atoms with Crippen molar-refractivity contribution in [3.05, 3.63) is 76.0 Å². The number of halogens is 1. The molecular weight excluding hydrogens is 461 g/mol. The second-order valence-corrected chi connectivity index (χ2v) is 9.90. The van der Waals surface area contributed by atoms with E-state index >= 15 is 0 Å². The molecule has 2 aromatic heterocycles. The first-order chi connectivity index (χ1) is 16.0. The maximum absolute atomic E-state index is 13.5. The van der Waals surface area contributed by atoms with Crippen molar-refractivity contribution in [1.82, 2.24) is 10.3 Å². The number of pyridine rings is 1. The third-order valence-corrected chi connectivity index (χ3v) is 6.80. The van der Waals surface area contributed by atoms with Crippen LogP contribution < -0.4 is 15.2 Å². The van der Waals surface area contributed by atoms with Crippen LogP contribution in [-0.2, 0) is 10.0 Å². The molecule has 4 rings (SSSR count). The number of sulfonamides is 1. The van der Waals surface area contributed by atoms with E-state index in [1.807, 2.05) is 0 Å². The zero-order chi connectivity index (χ0) is 24.8. The number of benzene rings is 2. The van der Waals surface area contributed by atoms with Gasteiger partial charge in [0.15, 0.2) is 0 Å². The fourth-order valence-corrected chi connectivity index (χ4v) is 4.22. The molecule has 0 radical (unpaired) electrons. The highest BCUT2D eigenvalue weighted by Gasteiger charge is 2.26. The number of rotatable bonds is 5. The van der Waals surface area contributed by atoms with Crippen LogP contribution in [0.4, 0.5) is 10.1 Å². The number of furan rings is 1. The maximum atomic E-state index is 13.5. The summed E-state index contributed by atoms with van der Waals surface area (Å²) >= 11 is 0. The quantitative estimate of drug-likeness (QED) is 0.450. The standard InChI is InChI=1S/C24H22FN3O5S/c1-13-9-15(12-27-23(13)29)17-10-18-20(11-19(17)28(3)34(4,31)32)33-22(21(18)24(30)26-2)14-5-7-16(25)8-6-14/h5-12H,1-4H3,(H,26,30)(H,27,29). The van der Waals surface area contributed by atoms with Crippen LogP contribution in [0.15, 0.2) is 57.9 Å². The Morgan fingerprint density at radius 3 is 2.38 bits per heavy atom. The van der Waals surface area contributed by atoms with Gasteiger partial charge in [-0.1, -0.05) is 0 Å². The molecule has 34 heavy (non-hydrogen) atoms. The van der Waals surface area contributed by atoms with E-state index in [1.165, 1.54) is 50.6 Å². The molecule has 176 valence electrons. The summed E-state index contributed by atoms with van der Waals surface area (Å²) in [6, 6.07) is 10.3. The van der Waals surface area contributed by atoms with Gasteiger partial charge < -0.3 is 14.7 Å². The van der Waals surface area contributed by atoms with Gasteiger partial charge in [0, 0.05) is 54.0 Å². The molecule has 2 heterocycles. The van der Waals surface area contributed by atoms with E-state index in [0.717, 1.165) is 10.6 Å². The number of hydrogen-bond acceptors (Lipinski definition) is 5. The van der Waals surface area contributed by atoms with Crippen LogP contribution in [0.5, 0.6) is 0 Å². The number of aromatic nitrogens is 1. The minimum absolute atomic E-state index is 0.220. The first-order valence-corrected chi connectivity index (χ1v) is 12.1. The molecule has 1 amide bonds. The molecule has 8 nitrogen and oxygen atoms in total. The number of nitrogens with zero attached hydrogens (tertiary/aromatic N) is 1. The van der Waals surface area contributed by atoms with Crippen molar-refractivity contribution >= 4 is 32.6 Å². The Labute approximate surface area is 195 Å². The first-order valence-electron chi connectivity index (χ1n) is 10.2. The molecule has 0 saturated carbocycles. The number of amides is 1. The lowest BCUT2D eigenvalue weighted by Crippen LogP contribution is -2.25. The largest absolute Gasteiger partial charge is 0.455 e. The van der Waals surface area contributed by atoms with Gasteiger partial charge in [-0.05, 0) is 43.3 Å². The fraction of sp³-hybridized carbons (Fsp3) is 0.167. The van der Waals surface area contributed by atoms with Gasteiger partial charge in [0.05, 0.1) is 17.5 Å². The normalized spacial score (nSPS) is 11.6. The Kier molecular flexibility index (Phi) is 5.78. The topological polar surface area (TPSA) is 112 Å². The average molecular weight is 484 g/mol. The zero-order valence-corrected chi connectivity index (χ0v) is 19.7. The molecular formula is C24H22FN3O5S. The lowest BCUT2D eigenvalue weighted by molar-refractivity contribution is 0.0964. The summed E-state index contributed by atoms with van der Waals surface area (Å²) in [4.78, 5) is 27.4. The summed E-state index contributed by atoms with van der Waals surface area (Å²) in [6.07, 6.45) is 2.55. The van der Waals surface area contributed by atoms with Gasteiger partial charge in [-0.2, -0.15) is 0 Å². The smallest absolute Gasteiger partial charge is 0.255 e. The molecule has 0 aliphatic heterocycles. The molecule has 0 bridgehead atoms. The van der Waals surface area contributed by atoms with E-state index in [-0.39, 0.29) is 22.5 Å². The molecule has 0 atom stereocenters. The van der Waals surface area contributed by atoms with Gasteiger partial charge in [-0.15, -0.1) is 0 Å². The third-order valence-electron chi connectivity index (χ3n) is 5.60. The van der Waals surface area contributed by atoms with Gasteiger partial charge in [0.25, 0.3) is 11.5 Å². The number of anilines is 1. The number of carbonyl (C=O) groups excluding carboxylic acids is 1. The van der Waals surface area contributed by atoms with Gasteiger partial charge in [-0.25, -0.2) is 12.8 Å². The lowest BCUT2D eigenvalue weighted by Gasteiger charge is -2.20. The van der Waals surface area contributed by atoms with Gasteiger partial charge in [0.2, 0.25) is 10.0 Å². The molecule has 0 aliphatic rings. The number of H-pyrrole nitrogens is 1. The number of nitrogens with one attached hydrogen (secondary N) is 2. The second-order valence-electron chi connectivity index (χ2n) is 7.89. The summed E-state index contributed by atoms with van der Waals surface area (Å²) in [5, 5.41) is 3.03. The highest BCUT2D eigenvalue weighted by molar-refractivity contribution is 7.92. The highest BCUT2D eigenvalue weighted by atomic mass is 32.2. The summed E-state index contributed by atoms with van der Waals surface area (Å²) in [5.74, 6) is -0.642. The van der Waals surface area contributed by atoms with Gasteiger partial charge in [-0.3, -0.25) is 13.9 Å². The molecule has 4 aromatic rings. The molecule has 2 N–H and O–H groups in total. The second kappa shape index (κ2) is 8.45. The maximum Gasteiger partial charge on any atom is 0.255 e. The van der Waals surface area contributed by atoms with Crippen LogP contribution >= 0.6 is 0 Å². The Morgan fingerprint density at radius 1 is 1.12 bits per heavy atom. The summed E-state index contributed by atoms with van der Waals surface area (Å²) < 4.78 is 45.4. The van der Waals surface area contributed by atoms with E-state index in [9.17, 15) is 22.4 Å². The zero-order valence-electron chi connectivity index (χ0n) is 18.9. The first kappa shape index (κ1) is 23.2. The van der Waals surface area contributed by atoms with Crippen LogP contribution in [-0.4, -0.2) is 39.7 Å². The van der Waals surface area contributed by atoms with Crippen LogP contribution in [0.3, 0.4) is 0 Å². The Bertz CT molecular complexity index is 1590. The van der Waals surface area contributed by atoms with Crippen molar-refractivity contribution in [2.75, 3.05) is 24.7 Å². The number of fused-ring (bicyclic) bond motifs is 1. The number of aromatic amines is 1.